The highest BCUT2D eigenvalue weighted by Gasteiger charge is 2.07. The van der Waals surface area contributed by atoms with Gasteiger partial charge in [0.1, 0.15) is 0 Å². The molecule has 0 unspecified atom stereocenters. The molecular weight excluding hydrogens is 285 g/mol. The molecule has 0 aliphatic rings. The van der Waals surface area contributed by atoms with Crippen molar-refractivity contribution in [1.29, 1.82) is 0 Å². The van der Waals surface area contributed by atoms with E-state index in [1.54, 1.807) is 11.3 Å². The summed E-state index contributed by atoms with van der Waals surface area (Å²) in [5, 5.41) is 4.15. The molecule has 0 atom stereocenters. The molecule has 0 saturated carbocycles. The third kappa shape index (κ3) is 3.48. The van der Waals surface area contributed by atoms with Crippen LogP contribution in [0.5, 0.6) is 0 Å². The summed E-state index contributed by atoms with van der Waals surface area (Å²) in [5.74, 6) is 0. The molecule has 18 heavy (non-hydrogen) atoms. The van der Waals surface area contributed by atoms with Crippen LogP contribution in [-0.2, 0) is 6.54 Å². The molecule has 0 amide bonds. The summed E-state index contributed by atoms with van der Waals surface area (Å²) in [5.41, 5.74) is 2.26. The first kappa shape index (κ1) is 13.9. The Morgan fingerprint density at radius 2 is 2.00 bits per heavy atom. The molecule has 1 heterocycles. The maximum Gasteiger partial charge on any atom is 0.0934 e. The van der Waals surface area contributed by atoms with E-state index in [-0.39, 0.29) is 0 Å². The van der Waals surface area contributed by atoms with E-state index in [2.05, 4.69) is 24.4 Å². The molecule has 1 aromatic heterocycles. The zero-order valence-electron chi connectivity index (χ0n) is 10.2. The molecule has 1 aromatic carbocycles. The minimum atomic E-state index is 0.782. The Labute approximate surface area is 122 Å². The molecule has 0 fully saturated rings. The number of rotatable bonds is 5. The average Bonchev–Trinajstić information content (AvgIpc) is 2.76. The number of hydrogen-bond donors (Lipinski definition) is 1. The van der Waals surface area contributed by atoms with Crippen molar-refractivity contribution in [3.8, 4) is 10.4 Å². The van der Waals surface area contributed by atoms with Crippen molar-refractivity contribution in [3.05, 3.63) is 45.3 Å². The fraction of sp³-hybridized carbons (Fsp3) is 0.286. The van der Waals surface area contributed by atoms with Crippen molar-refractivity contribution in [1.82, 2.24) is 5.32 Å². The summed E-state index contributed by atoms with van der Waals surface area (Å²) in [6, 6.07) is 10.1. The third-order valence-corrected chi connectivity index (χ3v) is 4.21. The van der Waals surface area contributed by atoms with E-state index in [4.69, 9.17) is 23.2 Å². The molecule has 0 spiro atoms. The third-order valence-electron chi connectivity index (χ3n) is 2.63. The van der Waals surface area contributed by atoms with Crippen LogP contribution in [0.1, 0.15) is 18.9 Å². The maximum atomic E-state index is 6.32. The van der Waals surface area contributed by atoms with Crippen LogP contribution < -0.4 is 5.32 Å². The summed E-state index contributed by atoms with van der Waals surface area (Å²) in [6.07, 6.45) is 1.14. The van der Waals surface area contributed by atoms with Crippen LogP contribution >= 0.6 is 34.5 Å². The summed E-state index contributed by atoms with van der Waals surface area (Å²) >= 11 is 13.8. The molecule has 1 nitrogen and oxygen atoms in total. The van der Waals surface area contributed by atoms with Gasteiger partial charge in [0.2, 0.25) is 0 Å². The molecule has 0 bridgehead atoms. The summed E-state index contributed by atoms with van der Waals surface area (Å²) < 4.78 is 0.787. The quantitative estimate of drug-likeness (QED) is 0.746. The monoisotopic (exact) mass is 299 g/mol. The number of nitrogens with one attached hydrogen (secondary N) is 1. The molecular formula is C14H15Cl2NS. The molecule has 96 valence electrons. The predicted octanol–water partition coefficient (Wildman–Crippen LogP) is 5.22. The number of halogens is 2. The van der Waals surface area contributed by atoms with Crippen molar-refractivity contribution >= 4 is 34.5 Å². The lowest BCUT2D eigenvalue weighted by Crippen LogP contribution is -2.13. The molecule has 0 aliphatic carbocycles. The van der Waals surface area contributed by atoms with Crippen LogP contribution in [-0.4, -0.2) is 6.54 Å². The first-order chi connectivity index (χ1) is 8.70. The minimum Gasteiger partial charge on any atom is -0.313 e. The van der Waals surface area contributed by atoms with E-state index < -0.39 is 0 Å². The van der Waals surface area contributed by atoms with E-state index in [0.29, 0.717) is 0 Å². The molecule has 0 radical (unpaired) electrons. The normalized spacial score (nSPS) is 10.8. The van der Waals surface area contributed by atoms with Crippen LogP contribution in [0.15, 0.2) is 30.3 Å². The number of benzene rings is 1. The van der Waals surface area contributed by atoms with Crippen molar-refractivity contribution in [2.75, 3.05) is 6.54 Å². The van der Waals surface area contributed by atoms with Gasteiger partial charge < -0.3 is 5.32 Å². The van der Waals surface area contributed by atoms with Gasteiger partial charge in [-0.15, -0.1) is 11.3 Å². The second-order valence-electron chi connectivity index (χ2n) is 4.09. The fourth-order valence-electron chi connectivity index (χ4n) is 1.74. The smallest absolute Gasteiger partial charge is 0.0934 e. The second kappa shape index (κ2) is 6.58. The lowest BCUT2D eigenvalue weighted by Gasteiger charge is -2.06. The van der Waals surface area contributed by atoms with Crippen LogP contribution in [0.2, 0.25) is 9.36 Å². The van der Waals surface area contributed by atoms with Gasteiger partial charge in [-0.05, 0) is 36.7 Å². The summed E-state index contributed by atoms with van der Waals surface area (Å²) in [4.78, 5) is 1.11. The maximum absolute atomic E-state index is 6.32. The zero-order chi connectivity index (χ0) is 13.0. The highest BCUT2D eigenvalue weighted by molar-refractivity contribution is 7.19. The van der Waals surface area contributed by atoms with Gasteiger partial charge in [-0.25, -0.2) is 0 Å². The topological polar surface area (TPSA) is 12.0 Å². The van der Waals surface area contributed by atoms with Gasteiger partial charge in [-0.3, -0.25) is 0 Å². The van der Waals surface area contributed by atoms with E-state index in [0.717, 1.165) is 39.3 Å². The van der Waals surface area contributed by atoms with Gasteiger partial charge in [-0.1, -0.05) is 42.3 Å². The fourth-order valence-corrected chi connectivity index (χ4v) is 3.18. The van der Waals surface area contributed by atoms with Crippen molar-refractivity contribution in [3.63, 3.8) is 0 Å². The van der Waals surface area contributed by atoms with Crippen LogP contribution in [0.25, 0.3) is 10.4 Å². The zero-order valence-corrected chi connectivity index (χ0v) is 12.5. The van der Waals surface area contributed by atoms with E-state index in [1.165, 1.54) is 5.56 Å². The SMILES string of the molecule is CCCNCc1ccc(-c2ccc(Cl)s2)c(Cl)c1. The molecule has 1 N–H and O–H groups in total. The van der Waals surface area contributed by atoms with E-state index >= 15 is 0 Å². The van der Waals surface area contributed by atoms with Gasteiger partial charge >= 0.3 is 0 Å². The minimum absolute atomic E-state index is 0.782. The Morgan fingerprint density at radius 3 is 2.61 bits per heavy atom. The van der Waals surface area contributed by atoms with E-state index in [9.17, 15) is 0 Å². The molecule has 4 heteroatoms. The Balaban J connectivity index is 2.15. The van der Waals surface area contributed by atoms with Crippen LogP contribution in [0.3, 0.4) is 0 Å². The first-order valence-corrected chi connectivity index (χ1v) is 7.53. The van der Waals surface area contributed by atoms with Gasteiger partial charge in [-0.2, -0.15) is 0 Å². The highest BCUT2D eigenvalue weighted by Crippen LogP contribution is 2.35. The van der Waals surface area contributed by atoms with Crippen LogP contribution in [0, 0.1) is 0 Å². The largest absolute Gasteiger partial charge is 0.313 e. The lowest BCUT2D eigenvalue weighted by molar-refractivity contribution is 0.675. The average molecular weight is 300 g/mol. The van der Waals surface area contributed by atoms with E-state index in [1.807, 2.05) is 18.2 Å². The molecule has 0 aliphatic heterocycles. The number of hydrogen-bond acceptors (Lipinski definition) is 2. The predicted molar refractivity (Wildman–Crippen MR) is 81.8 cm³/mol. The summed E-state index contributed by atoms with van der Waals surface area (Å²) in [7, 11) is 0. The Morgan fingerprint density at radius 1 is 1.17 bits per heavy atom. The Bertz CT molecular complexity index is 522. The first-order valence-electron chi connectivity index (χ1n) is 5.95. The van der Waals surface area contributed by atoms with Crippen LogP contribution in [0.4, 0.5) is 0 Å². The van der Waals surface area contributed by atoms with Gasteiger partial charge in [0, 0.05) is 22.0 Å². The highest BCUT2D eigenvalue weighted by atomic mass is 35.5. The van der Waals surface area contributed by atoms with Crippen molar-refractivity contribution < 1.29 is 0 Å². The van der Waals surface area contributed by atoms with Crippen molar-refractivity contribution in [2.24, 2.45) is 0 Å². The second-order valence-corrected chi connectivity index (χ2v) is 6.22. The Kier molecular flexibility index (Phi) is 5.07. The number of thiophene rings is 1. The lowest BCUT2D eigenvalue weighted by atomic mass is 10.1. The van der Waals surface area contributed by atoms with Gasteiger partial charge in [0.15, 0.2) is 0 Å². The summed E-state index contributed by atoms with van der Waals surface area (Å²) in [6.45, 7) is 4.04. The van der Waals surface area contributed by atoms with Crippen molar-refractivity contribution in [2.45, 2.75) is 19.9 Å². The molecule has 2 rings (SSSR count). The Hall–Kier alpha value is -0.540. The van der Waals surface area contributed by atoms with Gasteiger partial charge in [0.05, 0.1) is 4.34 Å². The molecule has 2 aromatic rings. The van der Waals surface area contributed by atoms with Gasteiger partial charge in [0.25, 0.3) is 0 Å². The molecule has 0 saturated heterocycles. The standard InChI is InChI=1S/C14H15Cl2NS/c1-2-7-17-9-10-3-4-11(12(15)8-10)13-5-6-14(16)18-13/h3-6,8,17H,2,7,9H2,1H3.